The Kier molecular flexibility index (Phi) is 3.56. The Morgan fingerprint density at radius 3 is 2.59 bits per heavy atom. The van der Waals surface area contributed by atoms with Gasteiger partial charge in [0, 0.05) is 30.7 Å². The van der Waals surface area contributed by atoms with E-state index in [1.165, 1.54) is 0 Å². The molecule has 3 nitrogen and oxygen atoms in total. The van der Waals surface area contributed by atoms with Crippen molar-refractivity contribution < 1.29 is 9.90 Å². The maximum absolute atomic E-state index is 10.7. The predicted octanol–water partition coefficient (Wildman–Crippen LogP) is 2.18. The molecule has 0 saturated carbocycles. The summed E-state index contributed by atoms with van der Waals surface area (Å²) in [6, 6.07) is 0. The molecule has 1 heterocycles. The number of allylic oxidation sites excluding steroid dienone is 3. The number of aliphatic imine (C=N–C) groups is 1. The van der Waals surface area contributed by atoms with E-state index >= 15 is 0 Å². The van der Waals surface area contributed by atoms with Gasteiger partial charge in [0.25, 0.3) is 0 Å². The molecule has 17 heavy (non-hydrogen) atoms. The molecule has 1 aliphatic carbocycles. The molecule has 0 spiro atoms. The normalized spacial score (nSPS) is 26.0. The van der Waals surface area contributed by atoms with Crippen molar-refractivity contribution in [2.24, 2.45) is 16.8 Å². The Morgan fingerprint density at radius 2 is 2.06 bits per heavy atom. The Balaban J connectivity index is 1.93. The number of aliphatic carboxylic acids is 1. The van der Waals surface area contributed by atoms with Crippen LogP contribution in [0.25, 0.3) is 0 Å². The molecule has 2 unspecified atom stereocenters. The Morgan fingerprint density at radius 1 is 1.29 bits per heavy atom. The van der Waals surface area contributed by atoms with Gasteiger partial charge in [-0.3, -0.25) is 4.99 Å². The van der Waals surface area contributed by atoms with Crippen LogP contribution in [-0.2, 0) is 4.79 Å². The molecule has 0 radical (unpaired) electrons. The van der Waals surface area contributed by atoms with Crippen molar-refractivity contribution in [3.05, 3.63) is 36.1 Å². The second kappa shape index (κ2) is 5.31. The molecular weight excluding hydrogens is 214 g/mol. The van der Waals surface area contributed by atoms with Gasteiger partial charge in [0.15, 0.2) is 0 Å². The molecule has 2 atom stereocenters. The van der Waals surface area contributed by atoms with Gasteiger partial charge >= 0.3 is 5.97 Å². The van der Waals surface area contributed by atoms with Crippen LogP contribution in [0.5, 0.6) is 0 Å². The first-order chi connectivity index (χ1) is 8.25. The van der Waals surface area contributed by atoms with Crippen LogP contribution in [0.3, 0.4) is 0 Å². The lowest BCUT2D eigenvalue weighted by molar-refractivity contribution is -0.132. The number of rotatable bonds is 1. The van der Waals surface area contributed by atoms with Crippen molar-refractivity contribution in [1.29, 1.82) is 0 Å². The van der Waals surface area contributed by atoms with Crippen LogP contribution in [0.1, 0.15) is 12.8 Å². The van der Waals surface area contributed by atoms with Gasteiger partial charge < -0.3 is 5.11 Å². The van der Waals surface area contributed by atoms with E-state index in [0.29, 0.717) is 12.0 Å². The lowest BCUT2D eigenvalue weighted by atomic mass is 9.96. The van der Waals surface area contributed by atoms with E-state index in [0.717, 1.165) is 6.42 Å². The summed E-state index contributed by atoms with van der Waals surface area (Å²) in [4.78, 5) is 14.7. The molecule has 1 aliphatic heterocycles. The summed E-state index contributed by atoms with van der Waals surface area (Å²) >= 11 is 0. The molecule has 0 aromatic rings. The van der Waals surface area contributed by atoms with Crippen molar-refractivity contribution in [2.75, 3.05) is 0 Å². The predicted molar refractivity (Wildman–Crippen MR) is 66.5 cm³/mol. The SMILES string of the molecule is O=C(O)C1=CCC(C#CC2C=CN=CC2)C=C1. The zero-order valence-electron chi connectivity index (χ0n) is 9.34. The van der Waals surface area contributed by atoms with E-state index in [-0.39, 0.29) is 11.8 Å². The zero-order valence-corrected chi connectivity index (χ0v) is 9.34. The van der Waals surface area contributed by atoms with E-state index in [1.807, 2.05) is 18.4 Å². The third-order valence-corrected chi connectivity index (χ3v) is 2.67. The molecule has 1 N–H and O–H groups in total. The van der Waals surface area contributed by atoms with Crippen molar-refractivity contribution in [3.8, 4) is 11.8 Å². The Bertz CT molecular complexity index is 486. The Hall–Kier alpha value is -2.08. The minimum atomic E-state index is -0.876. The zero-order chi connectivity index (χ0) is 12.1. The van der Waals surface area contributed by atoms with Crippen molar-refractivity contribution in [2.45, 2.75) is 12.8 Å². The molecule has 0 amide bonds. The Labute approximate surface area is 100 Å². The van der Waals surface area contributed by atoms with Crippen LogP contribution >= 0.6 is 0 Å². The van der Waals surface area contributed by atoms with Gasteiger partial charge in [-0.25, -0.2) is 4.79 Å². The van der Waals surface area contributed by atoms with Crippen LogP contribution in [0.15, 0.2) is 41.1 Å². The van der Waals surface area contributed by atoms with Gasteiger partial charge in [0.1, 0.15) is 0 Å². The number of hydrogen-bond acceptors (Lipinski definition) is 2. The molecule has 3 heteroatoms. The fraction of sp³-hybridized carbons (Fsp3) is 0.286. The monoisotopic (exact) mass is 227 g/mol. The maximum Gasteiger partial charge on any atom is 0.335 e. The highest BCUT2D eigenvalue weighted by molar-refractivity contribution is 5.90. The lowest BCUT2D eigenvalue weighted by Gasteiger charge is -2.09. The van der Waals surface area contributed by atoms with E-state index in [1.54, 1.807) is 18.4 Å². The molecule has 0 aromatic carbocycles. The molecule has 2 rings (SSSR count). The first-order valence-corrected chi connectivity index (χ1v) is 5.57. The first-order valence-electron chi connectivity index (χ1n) is 5.57. The van der Waals surface area contributed by atoms with E-state index in [4.69, 9.17) is 5.11 Å². The third-order valence-electron chi connectivity index (χ3n) is 2.67. The number of carboxylic acids is 1. The van der Waals surface area contributed by atoms with Crippen LogP contribution in [0.4, 0.5) is 0 Å². The molecule has 0 bridgehead atoms. The molecule has 0 aromatic heterocycles. The molecular formula is C14H13NO2. The molecule has 0 fully saturated rings. The van der Waals surface area contributed by atoms with Crippen LogP contribution < -0.4 is 0 Å². The van der Waals surface area contributed by atoms with Gasteiger partial charge in [-0.05, 0) is 6.42 Å². The summed E-state index contributed by atoms with van der Waals surface area (Å²) in [6.07, 6.45) is 12.4. The first kappa shape index (κ1) is 11.4. The fourth-order valence-corrected chi connectivity index (χ4v) is 1.67. The molecule has 2 aliphatic rings. The van der Waals surface area contributed by atoms with Crippen molar-refractivity contribution in [1.82, 2.24) is 0 Å². The summed E-state index contributed by atoms with van der Waals surface area (Å²) < 4.78 is 0. The summed E-state index contributed by atoms with van der Waals surface area (Å²) in [7, 11) is 0. The number of nitrogens with zero attached hydrogens (tertiary/aromatic N) is 1. The summed E-state index contributed by atoms with van der Waals surface area (Å²) in [5.41, 5.74) is 0.354. The van der Waals surface area contributed by atoms with Crippen molar-refractivity contribution in [3.63, 3.8) is 0 Å². The summed E-state index contributed by atoms with van der Waals surface area (Å²) in [6.45, 7) is 0. The van der Waals surface area contributed by atoms with Gasteiger partial charge in [0.05, 0.1) is 5.57 Å². The second-order valence-electron chi connectivity index (χ2n) is 3.97. The second-order valence-corrected chi connectivity index (χ2v) is 3.97. The van der Waals surface area contributed by atoms with Gasteiger partial charge in [-0.1, -0.05) is 36.1 Å². The van der Waals surface area contributed by atoms with Crippen molar-refractivity contribution >= 4 is 12.2 Å². The van der Waals surface area contributed by atoms with Crippen LogP contribution in [0, 0.1) is 23.7 Å². The molecule has 0 saturated heterocycles. The number of carbonyl (C=O) groups is 1. The van der Waals surface area contributed by atoms with Crippen LogP contribution in [0.2, 0.25) is 0 Å². The standard InChI is InChI=1S/C14H13NO2/c16-14(17)13-5-3-11(4-6-13)1-2-12-7-9-15-10-8-12/h3,5-7,9-12H,4,8H2,(H,16,17). The summed E-state index contributed by atoms with van der Waals surface area (Å²) in [5, 5.41) is 8.78. The largest absolute Gasteiger partial charge is 0.478 e. The van der Waals surface area contributed by atoms with Crippen LogP contribution in [-0.4, -0.2) is 17.3 Å². The summed E-state index contributed by atoms with van der Waals surface area (Å²) in [5.74, 6) is 5.84. The fourth-order valence-electron chi connectivity index (χ4n) is 1.67. The minimum Gasteiger partial charge on any atom is -0.478 e. The van der Waals surface area contributed by atoms with Gasteiger partial charge in [-0.2, -0.15) is 0 Å². The highest BCUT2D eigenvalue weighted by Crippen LogP contribution is 2.16. The average Bonchev–Trinajstić information content (AvgIpc) is 2.38. The smallest absolute Gasteiger partial charge is 0.335 e. The van der Waals surface area contributed by atoms with E-state index < -0.39 is 5.97 Å². The maximum atomic E-state index is 10.7. The van der Waals surface area contributed by atoms with E-state index in [2.05, 4.69) is 16.8 Å². The van der Waals surface area contributed by atoms with Gasteiger partial charge in [-0.15, -0.1) is 0 Å². The number of hydrogen-bond donors (Lipinski definition) is 1. The average molecular weight is 227 g/mol. The third kappa shape index (κ3) is 3.18. The highest BCUT2D eigenvalue weighted by Gasteiger charge is 2.10. The quantitative estimate of drug-likeness (QED) is 0.698. The highest BCUT2D eigenvalue weighted by atomic mass is 16.4. The lowest BCUT2D eigenvalue weighted by Crippen LogP contribution is -2.05. The molecule has 86 valence electrons. The van der Waals surface area contributed by atoms with Gasteiger partial charge in [0.2, 0.25) is 0 Å². The number of carboxylic acid groups (broad SMARTS) is 1. The topological polar surface area (TPSA) is 49.7 Å². The minimum absolute atomic E-state index is 0.130. The van der Waals surface area contributed by atoms with E-state index in [9.17, 15) is 4.79 Å².